The molecule has 9 heteroatoms. The van der Waals surface area contributed by atoms with Crippen LogP contribution < -0.4 is 9.47 Å². The molecule has 3 rings (SSSR count). The van der Waals surface area contributed by atoms with Gasteiger partial charge in [0.05, 0.1) is 11.5 Å². The molecule has 0 bridgehead atoms. The molecule has 3 aromatic rings. The van der Waals surface area contributed by atoms with Crippen molar-refractivity contribution in [2.45, 2.75) is 13.5 Å². The highest BCUT2D eigenvalue weighted by molar-refractivity contribution is 6.37. The Bertz CT molecular complexity index is 1060. The first-order valence-electron chi connectivity index (χ1n) is 8.68. The van der Waals surface area contributed by atoms with Crippen molar-refractivity contribution >= 4 is 39.8 Å². The summed E-state index contributed by atoms with van der Waals surface area (Å²) in [4.78, 5) is 15.1. The Hall–Kier alpha value is -2.61. The molecular weight excluding hydrogens is 419 g/mol. The second-order valence-corrected chi connectivity index (χ2v) is 6.95. The van der Waals surface area contributed by atoms with Crippen molar-refractivity contribution < 1.29 is 19.1 Å². The van der Waals surface area contributed by atoms with Crippen LogP contribution in [0, 0.1) is 17.0 Å². The molecule has 152 valence electrons. The largest absolute Gasteiger partial charge is 0.490 e. The van der Waals surface area contributed by atoms with Gasteiger partial charge in [0.15, 0.2) is 0 Å². The molecule has 0 saturated carbocycles. The lowest BCUT2D eigenvalue weighted by molar-refractivity contribution is -0.384. The van der Waals surface area contributed by atoms with Gasteiger partial charge in [-0.3, -0.25) is 10.1 Å². The van der Waals surface area contributed by atoms with E-state index in [1.54, 1.807) is 13.2 Å². The molecule has 2 aromatic carbocycles. The van der Waals surface area contributed by atoms with Gasteiger partial charge in [0.25, 0.3) is 5.69 Å². The highest BCUT2D eigenvalue weighted by Crippen LogP contribution is 2.36. The highest BCUT2D eigenvalue weighted by Gasteiger charge is 2.19. The summed E-state index contributed by atoms with van der Waals surface area (Å²) in [5, 5.41) is 12.1. The zero-order valence-electron chi connectivity index (χ0n) is 15.8. The van der Waals surface area contributed by atoms with Gasteiger partial charge in [-0.2, -0.15) is 0 Å². The number of pyridine rings is 1. The van der Waals surface area contributed by atoms with Crippen LogP contribution in [0.5, 0.6) is 11.5 Å². The summed E-state index contributed by atoms with van der Waals surface area (Å²) < 4.78 is 16.7. The molecule has 1 heterocycles. The Morgan fingerprint density at radius 2 is 1.90 bits per heavy atom. The van der Waals surface area contributed by atoms with Crippen LogP contribution in [0.4, 0.5) is 5.69 Å². The van der Waals surface area contributed by atoms with Crippen LogP contribution >= 0.6 is 23.2 Å². The quantitative estimate of drug-likeness (QED) is 0.268. The number of rotatable bonds is 8. The number of fused-ring (bicyclic) bond motifs is 1. The van der Waals surface area contributed by atoms with Crippen LogP contribution in [-0.4, -0.2) is 30.2 Å². The summed E-state index contributed by atoms with van der Waals surface area (Å²) in [5.74, 6) is 1.16. The summed E-state index contributed by atoms with van der Waals surface area (Å²) >= 11 is 12.3. The Morgan fingerprint density at radius 1 is 1.10 bits per heavy atom. The second-order valence-electron chi connectivity index (χ2n) is 6.16. The molecule has 0 atom stereocenters. The van der Waals surface area contributed by atoms with Crippen molar-refractivity contribution in [1.29, 1.82) is 0 Å². The van der Waals surface area contributed by atoms with Crippen molar-refractivity contribution in [3.8, 4) is 11.5 Å². The normalized spacial score (nSPS) is 10.9. The lowest BCUT2D eigenvalue weighted by Crippen LogP contribution is -2.05. The van der Waals surface area contributed by atoms with Crippen molar-refractivity contribution in [2.24, 2.45) is 0 Å². The van der Waals surface area contributed by atoms with Crippen molar-refractivity contribution in [2.75, 3.05) is 20.3 Å². The second kappa shape index (κ2) is 9.26. The van der Waals surface area contributed by atoms with E-state index in [0.29, 0.717) is 35.8 Å². The summed E-state index contributed by atoms with van der Waals surface area (Å²) in [6.07, 6.45) is 0. The number of ether oxygens (including phenoxy) is 3. The van der Waals surface area contributed by atoms with Crippen LogP contribution in [0.1, 0.15) is 11.3 Å². The fourth-order valence-corrected chi connectivity index (χ4v) is 3.34. The van der Waals surface area contributed by atoms with E-state index in [-0.39, 0.29) is 22.3 Å². The SMILES string of the molecule is COCCOc1cc(C)nc2c(OCc3c(Cl)ccc([N+](=O)[O-])c3Cl)cccc12. The predicted octanol–water partition coefficient (Wildman–Crippen LogP) is 5.36. The van der Waals surface area contributed by atoms with Gasteiger partial charge in [0, 0.05) is 40.9 Å². The zero-order chi connectivity index (χ0) is 21.0. The summed E-state index contributed by atoms with van der Waals surface area (Å²) in [5.41, 5.74) is 1.48. The van der Waals surface area contributed by atoms with Gasteiger partial charge in [-0.25, -0.2) is 4.98 Å². The molecule has 0 N–H and O–H groups in total. The minimum Gasteiger partial charge on any atom is -0.490 e. The molecule has 0 radical (unpaired) electrons. The predicted molar refractivity (Wildman–Crippen MR) is 111 cm³/mol. The molecular formula is C20H18Cl2N2O5. The summed E-state index contributed by atoms with van der Waals surface area (Å²) in [7, 11) is 1.61. The molecule has 0 aliphatic rings. The van der Waals surface area contributed by atoms with Crippen LogP contribution in [0.2, 0.25) is 10.0 Å². The minimum atomic E-state index is -0.561. The smallest absolute Gasteiger partial charge is 0.288 e. The number of hydrogen-bond donors (Lipinski definition) is 0. The Balaban J connectivity index is 1.94. The summed E-state index contributed by atoms with van der Waals surface area (Å²) in [6, 6.07) is 9.99. The number of aromatic nitrogens is 1. The van der Waals surface area contributed by atoms with E-state index in [1.165, 1.54) is 12.1 Å². The molecule has 0 fully saturated rings. The number of nitrogens with zero attached hydrogens (tertiary/aromatic N) is 2. The van der Waals surface area contributed by atoms with E-state index in [4.69, 9.17) is 37.4 Å². The first-order valence-corrected chi connectivity index (χ1v) is 9.44. The van der Waals surface area contributed by atoms with Crippen molar-refractivity contribution in [3.05, 3.63) is 67.8 Å². The van der Waals surface area contributed by atoms with Gasteiger partial charge in [-0.05, 0) is 25.1 Å². The number of para-hydroxylation sites is 1. The Labute approximate surface area is 177 Å². The van der Waals surface area contributed by atoms with Crippen LogP contribution in [-0.2, 0) is 11.3 Å². The molecule has 0 aliphatic heterocycles. The topological polar surface area (TPSA) is 83.7 Å². The van der Waals surface area contributed by atoms with Crippen LogP contribution in [0.15, 0.2) is 36.4 Å². The standard InChI is InChI=1S/C20H18Cl2N2O5/c1-12-10-18(28-9-8-27-2)13-4-3-5-17(20(13)23-12)29-11-14-15(21)6-7-16(19(14)22)24(25)26/h3-7,10H,8-9,11H2,1-2H3. The molecule has 0 amide bonds. The fraction of sp³-hybridized carbons (Fsp3) is 0.250. The van der Waals surface area contributed by atoms with Gasteiger partial charge in [-0.15, -0.1) is 0 Å². The first-order chi connectivity index (χ1) is 13.9. The monoisotopic (exact) mass is 436 g/mol. The number of nitro groups is 1. The minimum absolute atomic E-state index is 0.0459. The summed E-state index contributed by atoms with van der Waals surface area (Å²) in [6.45, 7) is 2.67. The van der Waals surface area contributed by atoms with Crippen LogP contribution in [0.25, 0.3) is 10.9 Å². The number of benzene rings is 2. The average molecular weight is 437 g/mol. The maximum Gasteiger partial charge on any atom is 0.288 e. The Morgan fingerprint density at radius 3 is 2.62 bits per heavy atom. The van der Waals surface area contributed by atoms with Gasteiger partial charge >= 0.3 is 0 Å². The number of hydrogen-bond acceptors (Lipinski definition) is 6. The van der Waals surface area contributed by atoms with Crippen LogP contribution in [0.3, 0.4) is 0 Å². The maximum atomic E-state index is 11.1. The van der Waals surface area contributed by atoms with Gasteiger partial charge < -0.3 is 14.2 Å². The molecule has 29 heavy (non-hydrogen) atoms. The van der Waals surface area contributed by atoms with Crippen molar-refractivity contribution in [1.82, 2.24) is 4.98 Å². The molecule has 0 aliphatic carbocycles. The third-order valence-electron chi connectivity index (χ3n) is 4.17. The maximum absolute atomic E-state index is 11.1. The molecule has 1 aromatic heterocycles. The number of halogens is 2. The zero-order valence-corrected chi connectivity index (χ0v) is 17.3. The van der Waals surface area contributed by atoms with E-state index in [9.17, 15) is 10.1 Å². The van der Waals surface area contributed by atoms with Gasteiger partial charge in [-0.1, -0.05) is 29.3 Å². The van der Waals surface area contributed by atoms with E-state index in [0.717, 1.165) is 11.1 Å². The number of aryl methyl sites for hydroxylation is 1. The van der Waals surface area contributed by atoms with E-state index in [2.05, 4.69) is 4.98 Å². The van der Waals surface area contributed by atoms with E-state index in [1.807, 2.05) is 25.1 Å². The number of nitro benzene ring substituents is 1. The lowest BCUT2D eigenvalue weighted by atomic mass is 10.1. The first kappa shape index (κ1) is 21.1. The molecule has 0 unspecified atom stereocenters. The van der Waals surface area contributed by atoms with Crippen molar-refractivity contribution in [3.63, 3.8) is 0 Å². The third kappa shape index (κ3) is 4.70. The fourth-order valence-electron chi connectivity index (χ4n) is 2.79. The average Bonchev–Trinajstić information content (AvgIpc) is 2.68. The molecule has 0 saturated heterocycles. The van der Waals surface area contributed by atoms with E-state index < -0.39 is 4.92 Å². The molecule has 7 nitrogen and oxygen atoms in total. The lowest BCUT2D eigenvalue weighted by Gasteiger charge is -2.14. The molecule has 0 spiro atoms. The third-order valence-corrected chi connectivity index (χ3v) is 4.95. The number of methoxy groups -OCH3 is 1. The van der Waals surface area contributed by atoms with Gasteiger partial charge in [0.2, 0.25) is 0 Å². The highest BCUT2D eigenvalue weighted by atomic mass is 35.5. The van der Waals surface area contributed by atoms with Gasteiger partial charge in [0.1, 0.15) is 35.3 Å². The Kier molecular flexibility index (Phi) is 6.74. The van der Waals surface area contributed by atoms with E-state index >= 15 is 0 Å².